The number of benzene rings is 1. The van der Waals surface area contributed by atoms with Crippen LogP contribution in [0.3, 0.4) is 0 Å². The van der Waals surface area contributed by atoms with Gasteiger partial charge in [0.2, 0.25) is 0 Å². The lowest BCUT2D eigenvalue weighted by molar-refractivity contribution is 0.0138. The first kappa shape index (κ1) is 14.4. The summed E-state index contributed by atoms with van der Waals surface area (Å²) in [7, 11) is 0. The molecular weight excluding hydrogens is 250 g/mol. The van der Waals surface area contributed by atoms with Crippen molar-refractivity contribution in [1.82, 2.24) is 5.43 Å². The number of rotatable bonds is 8. The maximum absolute atomic E-state index is 11.9. The van der Waals surface area contributed by atoms with Crippen LogP contribution in [0.4, 0.5) is 8.78 Å². The molecule has 1 saturated carbocycles. The van der Waals surface area contributed by atoms with Gasteiger partial charge in [-0.15, -0.1) is 0 Å². The molecule has 19 heavy (non-hydrogen) atoms. The maximum atomic E-state index is 11.9. The summed E-state index contributed by atoms with van der Waals surface area (Å²) in [5.74, 6) is 6.54. The second kappa shape index (κ2) is 6.93. The number of nitrogens with one attached hydrogen (secondary N) is 1. The molecular formula is C14H20F2N2O. The van der Waals surface area contributed by atoms with E-state index in [4.69, 9.17) is 10.6 Å². The molecule has 3 atom stereocenters. The van der Waals surface area contributed by atoms with Gasteiger partial charge in [0.1, 0.15) is 6.61 Å². The van der Waals surface area contributed by atoms with E-state index in [-0.39, 0.29) is 6.04 Å². The second-order valence-corrected chi connectivity index (χ2v) is 4.94. The zero-order valence-corrected chi connectivity index (χ0v) is 10.8. The van der Waals surface area contributed by atoms with Crippen LogP contribution in [-0.2, 0) is 4.74 Å². The summed E-state index contributed by atoms with van der Waals surface area (Å²) < 4.78 is 28.8. The van der Waals surface area contributed by atoms with E-state index in [9.17, 15) is 8.78 Å². The zero-order valence-electron chi connectivity index (χ0n) is 10.8. The maximum Gasteiger partial charge on any atom is 0.261 e. The molecule has 1 aromatic carbocycles. The predicted octanol–water partition coefficient (Wildman–Crippen LogP) is 2.29. The molecule has 0 aromatic heterocycles. The van der Waals surface area contributed by atoms with Gasteiger partial charge < -0.3 is 4.74 Å². The van der Waals surface area contributed by atoms with Gasteiger partial charge in [0, 0.05) is 12.6 Å². The Hall–Kier alpha value is -1.04. The highest BCUT2D eigenvalue weighted by Crippen LogP contribution is 2.49. The van der Waals surface area contributed by atoms with Crippen LogP contribution in [0.25, 0.3) is 0 Å². The number of halogens is 2. The average Bonchev–Trinajstić information content (AvgIpc) is 3.20. The van der Waals surface area contributed by atoms with Gasteiger partial charge in [-0.3, -0.25) is 11.3 Å². The first-order valence-electron chi connectivity index (χ1n) is 6.59. The van der Waals surface area contributed by atoms with Gasteiger partial charge in [-0.1, -0.05) is 30.3 Å². The molecule has 1 fully saturated rings. The van der Waals surface area contributed by atoms with Crippen molar-refractivity contribution in [3.63, 3.8) is 0 Å². The van der Waals surface area contributed by atoms with E-state index in [1.165, 1.54) is 5.56 Å². The van der Waals surface area contributed by atoms with E-state index in [0.717, 1.165) is 6.42 Å². The quantitative estimate of drug-likeness (QED) is 0.433. The Labute approximate surface area is 112 Å². The van der Waals surface area contributed by atoms with Crippen LogP contribution in [0, 0.1) is 5.92 Å². The fourth-order valence-corrected chi connectivity index (χ4v) is 2.55. The van der Waals surface area contributed by atoms with Gasteiger partial charge in [-0.25, -0.2) is 8.78 Å². The number of ether oxygens (including phenoxy) is 1. The van der Waals surface area contributed by atoms with Gasteiger partial charge >= 0.3 is 0 Å². The number of alkyl halides is 2. The first-order chi connectivity index (χ1) is 9.22. The third kappa shape index (κ3) is 4.23. The number of hydrazine groups is 1. The molecule has 0 amide bonds. The second-order valence-electron chi connectivity index (χ2n) is 4.94. The highest BCUT2D eigenvalue weighted by molar-refractivity contribution is 5.26. The van der Waals surface area contributed by atoms with E-state index < -0.39 is 13.0 Å². The largest absolute Gasteiger partial charge is 0.375 e. The molecule has 106 valence electrons. The summed E-state index contributed by atoms with van der Waals surface area (Å²) in [6, 6.07) is 10.4. The Morgan fingerprint density at radius 2 is 2.05 bits per heavy atom. The smallest absolute Gasteiger partial charge is 0.261 e. The molecule has 1 aromatic rings. The summed E-state index contributed by atoms with van der Waals surface area (Å²) in [6.07, 6.45) is -0.646. The highest BCUT2D eigenvalue weighted by Gasteiger charge is 2.43. The third-order valence-corrected chi connectivity index (χ3v) is 3.62. The van der Waals surface area contributed by atoms with E-state index in [1.807, 2.05) is 18.2 Å². The fourth-order valence-electron chi connectivity index (χ4n) is 2.55. The minimum atomic E-state index is -2.40. The van der Waals surface area contributed by atoms with E-state index in [1.54, 1.807) is 0 Å². The fraction of sp³-hybridized carbons (Fsp3) is 0.571. The minimum Gasteiger partial charge on any atom is -0.375 e. The first-order valence-corrected chi connectivity index (χ1v) is 6.59. The minimum absolute atomic E-state index is 0.128. The van der Waals surface area contributed by atoms with Crippen molar-refractivity contribution in [3.8, 4) is 0 Å². The van der Waals surface area contributed by atoms with Crippen LogP contribution in [0.1, 0.15) is 24.3 Å². The lowest BCUT2D eigenvalue weighted by atomic mass is 10.0. The normalized spacial score (nSPS) is 23.6. The Balaban J connectivity index is 1.74. The molecule has 0 bridgehead atoms. The lowest BCUT2D eigenvalue weighted by Crippen LogP contribution is -2.38. The summed E-state index contributed by atoms with van der Waals surface area (Å²) in [5.41, 5.74) is 4.10. The van der Waals surface area contributed by atoms with Crippen molar-refractivity contribution < 1.29 is 13.5 Å². The molecule has 1 aliphatic rings. The summed E-state index contributed by atoms with van der Waals surface area (Å²) in [6.45, 7) is -0.179. The van der Waals surface area contributed by atoms with Gasteiger partial charge in [0.05, 0.1) is 0 Å². The molecule has 3 unspecified atom stereocenters. The van der Waals surface area contributed by atoms with Crippen molar-refractivity contribution >= 4 is 0 Å². The van der Waals surface area contributed by atoms with Crippen molar-refractivity contribution in [1.29, 1.82) is 0 Å². The summed E-state index contributed by atoms with van der Waals surface area (Å²) >= 11 is 0. The Morgan fingerprint density at radius 1 is 1.32 bits per heavy atom. The molecule has 0 saturated heterocycles. The summed E-state index contributed by atoms with van der Waals surface area (Å²) in [5, 5.41) is 0. The zero-order chi connectivity index (χ0) is 13.7. The number of hydrogen-bond acceptors (Lipinski definition) is 3. The number of hydrogen-bond donors (Lipinski definition) is 2. The molecule has 0 spiro atoms. The van der Waals surface area contributed by atoms with Crippen LogP contribution in [-0.4, -0.2) is 25.7 Å². The van der Waals surface area contributed by atoms with Crippen molar-refractivity contribution in [2.75, 3.05) is 13.2 Å². The van der Waals surface area contributed by atoms with Crippen LogP contribution in [0.2, 0.25) is 0 Å². The van der Waals surface area contributed by atoms with Crippen LogP contribution in [0.15, 0.2) is 30.3 Å². The lowest BCUT2D eigenvalue weighted by Gasteiger charge is -2.16. The van der Waals surface area contributed by atoms with Crippen LogP contribution >= 0.6 is 0 Å². The average molecular weight is 270 g/mol. The van der Waals surface area contributed by atoms with E-state index in [2.05, 4.69) is 17.6 Å². The third-order valence-electron chi connectivity index (χ3n) is 3.62. The molecule has 2 rings (SSSR count). The van der Waals surface area contributed by atoms with Gasteiger partial charge in [0.15, 0.2) is 0 Å². The molecule has 3 nitrogen and oxygen atoms in total. The molecule has 0 heterocycles. The molecule has 1 aliphatic carbocycles. The van der Waals surface area contributed by atoms with Crippen LogP contribution < -0.4 is 11.3 Å². The van der Waals surface area contributed by atoms with Crippen LogP contribution in [0.5, 0.6) is 0 Å². The Kier molecular flexibility index (Phi) is 5.24. The Bertz CT molecular complexity index is 375. The molecule has 0 radical (unpaired) electrons. The highest BCUT2D eigenvalue weighted by atomic mass is 19.3. The SMILES string of the molecule is NNC(CCOCC(F)F)C1CC1c1ccccc1. The van der Waals surface area contributed by atoms with Gasteiger partial charge in [0.25, 0.3) is 6.43 Å². The standard InChI is InChI=1S/C14H20F2N2O/c15-14(16)9-19-7-6-13(18-17)12-8-11(12)10-4-2-1-3-5-10/h1-5,11-14,18H,6-9,17H2. The number of nitrogens with two attached hydrogens (primary N) is 1. The van der Waals surface area contributed by atoms with Crippen molar-refractivity contribution in [2.24, 2.45) is 11.8 Å². The Morgan fingerprint density at radius 3 is 2.68 bits per heavy atom. The molecule has 3 N–H and O–H groups in total. The predicted molar refractivity (Wildman–Crippen MR) is 69.8 cm³/mol. The molecule has 0 aliphatic heterocycles. The van der Waals surface area contributed by atoms with E-state index >= 15 is 0 Å². The van der Waals surface area contributed by atoms with Crippen molar-refractivity contribution in [3.05, 3.63) is 35.9 Å². The molecule has 5 heteroatoms. The van der Waals surface area contributed by atoms with Crippen molar-refractivity contribution in [2.45, 2.75) is 31.2 Å². The van der Waals surface area contributed by atoms with Gasteiger partial charge in [-0.05, 0) is 30.2 Å². The topological polar surface area (TPSA) is 47.3 Å². The monoisotopic (exact) mass is 270 g/mol. The van der Waals surface area contributed by atoms with Gasteiger partial charge in [-0.2, -0.15) is 0 Å². The summed E-state index contributed by atoms with van der Waals surface area (Å²) in [4.78, 5) is 0. The van der Waals surface area contributed by atoms with E-state index in [0.29, 0.717) is 24.9 Å².